The fourth-order valence-corrected chi connectivity index (χ4v) is 9.75. The maximum absolute atomic E-state index is 14.4. The molecule has 3 heterocycles. The van der Waals surface area contributed by atoms with Crippen molar-refractivity contribution in [3.05, 3.63) is 117 Å². The van der Waals surface area contributed by atoms with E-state index in [0.29, 0.717) is 26.8 Å². The molecule has 1 aromatic heterocycles. The lowest BCUT2D eigenvalue weighted by Gasteiger charge is -2.31. The summed E-state index contributed by atoms with van der Waals surface area (Å²) in [4.78, 5) is 71.8. The highest BCUT2D eigenvalue weighted by Gasteiger charge is 2.56. The summed E-state index contributed by atoms with van der Waals surface area (Å²) in [5.41, 5.74) is 3.12. The first-order valence-corrected chi connectivity index (χ1v) is 18.6. The first-order chi connectivity index (χ1) is 24.7. The number of amides is 3. The Bertz CT molecular complexity index is 2200. The molecule has 0 saturated carbocycles. The minimum Gasteiger partial charge on any atom is -0.462 e. The number of hydrogen-bond acceptors (Lipinski definition) is 9. The van der Waals surface area contributed by atoms with Crippen LogP contribution in [0.5, 0.6) is 0 Å². The summed E-state index contributed by atoms with van der Waals surface area (Å²) in [7, 11) is 0. The Labute approximate surface area is 303 Å². The summed E-state index contributed by atoms with van der Waals surface area (Å²) < 4.78 is 6.52. The number of aromatic nitrogens is 1. The van der Waals surface area contributed by atoms with Crippen LogP contribution in [-0.4, -0.2) is 53.2 Å². The van der Waals surface area contributed by atoms with Crippen molar-refractivity contribution in [3.63, 3.8) is 0 Å². The van der Waals surface area contributed by atoms with Crippen molar-refractivity contribution in [2.75, 3.05) is 34.8 Å². The van der Waals surface area contributed by atoms with Gasteiger partial charge in [0.2, 0.25) is 17.7 Å². The Morgan fingerprint density at radius 1 is 0.843 bits per heavy atom. The van der Waals surface area contributed by atoms with Crippen LogP contribution >= 0.6 is 23.1 Å². The van der Waals surface area contributed by atoms with Gasteiger partial charge in [0.05, 0.1) is 28.8 Å². The number of nitrogens with zero attached hydrogens (tertiary/aromatic N) is 3. The van der Waals surface area contributed by atoms with E-state index in [0.717, 1.165) is 58.2 Å². The largest absolute Gasteiger partial charge is 0.462 e. The molecule has 12 heteroatoms. The van der Waals surface area contributed by atoms with Crippen LogP contribution in [0.4, 0.5) is 17.1 Å². The van der Waals surface area contributed by atoms with E-state index in [-0.39, 0.29) is 29.8 Å². The number of anilines is 3. The lowest BCUT2D eigenvalue weighted by atomic mass is 9.83. The third-order valence-corrected chi connectivity index (χ3v) is 12.0. The van der Waals surface area contributed by atoms with E-state index >= 15 is 0 Å². The second-order valence-electron chi connectivity index (χ2n) is 12.3. The monoisotopic (exact) mass is 720 g/mol. The fourth-order valence-electron chi connectivity index (χ4n) is 6.98. The Kier molecular flexibility index (Phi) is 9.54. The highest BCUT2D eigenvalue weighted by Crippen LogP contribution is 2.54. The molecule has 3 atom stereocenters. The van der Waals surface area contributed by atoms with E-state index in [2.05, 4.69) is 24.1 Å². The number of nitrogens with one attached hydrogen (secondary N) is 1. The molecule has 0 radical (unpaired) electrons. The first kappa shape index (κ1) is 34.3. The number of benzene rings is 4. The molecule has 7 rings (SSSR count). The van der Waals surface area contributed by atoms with Gasteiger partial charge in [0, 0.05) is 40.6 Å². The standard InChI is InChI=1S/C39H36N4O6S2/c1-4-41(5-2)26-18-14-24(15-19-26)31-32-33(36(46)43(35(32)45)27-20-16-25(17-21-27)38(47)49-6-3)50-37-34(31)51-39(48)42(37)22-30(44)40-29-13-9-11-23-10-7-8-12-28(23)29/h7-21,31-33H,4-6,22H2,1-3H3,(H,40,44)/t31-,32-,33+/m0/s1. The molecule has 260 valence electrons. The summed E-state index contributed by atoms with van der Waals surface area (Å²) in [5.74, 6) is -3.07. The molecule has 3 amide bonds. The summed E-state index contributed by atoms with van der Waals surface area (Å²) >= 11 is 2.18. The minimum atomic E-state index is -0.844. The van der Waals surface area contributed by atoms with Crippen LogP contribution in [0.2, 0.25) is 0 Å². The number of thiazole rings is 1. The molecular weight excluding hydrogens is 685 g/mol. The molecular formula is C39H36N4O6S2. The average Bonchev–Trinajstić information content (AvgIpc) is 3.58. The molecule has 0 bridgehead atoms. The van der Waals surface area contributed by atoms with Crippen molar-refractivity contribution < 1.29 is 23.9 Å². The number of imide groups is 1. The Morgan fingerprint density at radius 2 is 1.55 bits per heavy atom. The van der Waals surface area contributed by atoms with Gasteiger partial charge < -0.3 is 15.0 Å². The predicted molar refractivity (Wildman–Crippen MR) is 201 cm³/mol. The van der Waals surface area contributed by atoms with Crippen LogP contribution in [-0.2, 0) is 25.7 Å². The summed E-state index contributed by atoms with van der Waals surface area (Å²) in [5, 5.41) is 4.49. The third-order valence-electron chi connectivity index (χ3n) is 9.43. The molecule has 1 fully saturated rings. The quantitative estimate of drug-likeness (QED) is 0.128. The van der Waals surface area contributed by atoms with Gasteiger partial charge in [-0.1, -0.05) is 71.6 Å². The van der Waals surface area contributed by atoms with Crippen LogP contribution in [0.25, 0.3) is 10.8 Å². The SMILES string of the molecule is CCOC(=O)c1ccc(N2C(=O)[C@H]3[C@H](c4ccc(N(CC)CC)cc4)c4sc(=O)n(CC(=O)Nc5cccc6ccccc56)c4S[C@H]3C2=O)cc1. The van der Waals surface area contributed by atoms with Gasteiger partial charge >= 0.3 is 10.8 Å². The Balaban J connectivity index is 1.26. The second-order valence-corrected chi connectivity index (χ2v) is 14.4. The third kappa shape index (κ3) is 6.23. The number of thioether (sulfide) groups is 1. The molecule has 0 aliphatic carbocycles. The van der Waals surface area contributed by atoms with Crippen molar-refractivity contribution in [2.45, 2.75) is 43.5 Å². The Morgan fingerprint density at radius 3 is 2.25 bits per heavy atom. The number of carbonyl (C=O) groups is 4. The number of fused-ring (bicyclic) bond motifs is 3. The van der Waals surface area contributed by atoms with Gasteiger partial charge in [0.25, 0.3) is 0 Å². The Hall–Kier alpha value is -5.20. The van der Waals surface area contributed by atoms with E-state index in [4.69, 9.17) is 4.74 Å². The molecule has 5 aromatic rings. The molecule has 0 spiro atoms. The number of esters is 1. The zero-order valence-corrected chi connectivity index (χ0v) is 30.0. The maximum Gasteiger partial charge on any atom is 0.338 e. The molecule has 1 saturated heterocycles. The van der Waals surface area contributed by atoms with Crippen molar-refractivity contribution in [2.24, 2.45) is 5.92 Å². The van der Waals surface area contributed by atoms with E-state index in [1.54, 1.807) is 19.1 Å². The highest BCUT2D eigenvalue weighted by molar-refractivity contribution is 8.00. The minimum absolute atomic E-state index is 0.224. The smallest absolute Gasteiger partial charge is 0.338 e. The molecule has 2 aliphatic heterocycles. The fraction of sp³-hybridized carbons (Fsp3) is 0.256. The van der Waals surface area contributed by atoms with Gasteiger partial charge in [-0.3, -0.25) is 23.7 Å². The summed E-state index contributed by atoms with van der Waals surface area (Å²) in [6.45, 7) is 7.51. The van der Waals surface area contributed by atoms with Crippen molar-refractivity contribution in [3.8, 4) is 0 Å². The highest BCUT2D eigenvalue weighted by atomic mass is 32.2. The molecule has 10 nitrogen and oxygen atoms in total. The predicted octanol–water partition coefficient (Wildman–Crippen LogP) is 6.52. The topological polar surface area (TPSA) is 118 Å². The van der Waals surface area contributed by atoms with Gasteiger partial charge in [-0.2, -0.15) is 0 Å². The molecule has 4 aromatic carbocycles. The van der Waals surface area contributed by atoms with E-state index < -0.39 is 29.0 Å². The molecule has 51 heavy (non-hydrogen) atoms. The average molecular weight is 721 g/mol. The summed E-state index contributed by atoms with van der Waals surface area (Å²) in [6.07, 6.45) is 0. The summed E-state index contributed by atoms with van der Waals surface area (Å²) in [6, 6.07) is 27.5. The molecule has 1 N–H and O–H groups in total. The lowest BCUT2D eigenvalue weighted by Crippen LogP contribution is -2.33. The van der Waals surface area contributed by atoms with Gasteiger partial charge in [0.15, 0.2) is 0 Å². The van der Waals surface area contributed by atoms with Gasteiger partial charge in [-0.15, -0.1) is 0 Å². The molecule has 2 aliphatic rings. The second kappa shape index (κ2) is 14.2. The van der Waals surface area contributed by atoms with E-state index in [1.807, 2.05) is 66.7 Å². The van der Waals surface area contributed by atoms with Gasteiger partial charge in [-0.25, -0.2) is 9.69 Å². The first-order valence-electron chi connectivity index (χ1n) is 16.9. The number of rotatable bonds is 10. The van der Waals surface area contributed by atoms with E-state index in [1.165, 1.54) is 21.6 Å². The van der Waals surface area contributed by atoms with Crippen LogP contribution in [0.1, 0.15) is 47.5 Å². The number of carbonyl (C=O) groups excluding carboxylic acids is 4. The number of hydrogen-bond donors (Lipinski definition) is 1. The van der Waals surface area contributed by atoms with Gasteiger partial charge in [0.1, 0.15) is 11.8 Å². The zero-order chi connectivity index (χ0) is 35.8. The maximum atomic E-state index is 14.4. The van der Waals surface area contributed by atoms with Crippen molar-refractivity contribution in [1.82, 2.24) is 4.57 Å². The number of ether oxygens (including phenoxy) is 1. The van der Waals surface area contributed by atoms with Crippen LogP contribution in [0.15, 0.2) is 101 Å². The molecule has 0 unspecified atom stereocenters. The van der Waals surface area contributed by atoms with Crippen LogP contribution in [0.3, 0.4) is 0 Å². The van der Waals surface area contributed by atoms with Gasteiger partial charge in [-0.05, 0) is 74.2 Å². The lowest BCUT2D eigenvalue weighted by molar-refractivity contribution is -0.122. The zero-order valence-electron chi connectivity index (χ0n) is 28.3. The van der Waals surface area contributed by atoms with E-state index in [9.17, 15) is 24.0 Å². The van der Waals surface area contributed by atoms with Crippen LogP contribution in [0, 0.1) is 5.92 Å². The normalized spacial score (nSPS) is 18.0. The van der Waals surface area contributed by atoms with Crippen LogP contribution < -0.4 is 20.0 Å². The van der Waals surface area contributed by atoms with Crippen molar-refractivity contribution in [1.29, 1.82) is 0 Å². The van der Waals surface area contributed by atoms with Crippen molar-refractivity contribution >= 4 is 74.6 Å².